The lowest BCUT2D eigenvalue weighted by Crippen LogP contribution is -2.45. The summed E-state index contributed by atoms with van der Waals surface area (Å²) < 4.78 is 5.53. The SMILES string of the molecule is CC(C)c1cccc(C(C)C)c1NC(=O)N(CC(=O)N(Cc1ccccc1)Cc1ccco1)C1CC1. The lowest BCUT2D eigenvalue weighted by molar-refractivity contribution is -0.133. The zero-order chi connectivity index (χ0) is 25.7. The van der Waals surface area contributed by atoms with Crippen molar-refractivity contribution in [2.24, 2.45) is 0 Å². The molecular formula is C30H37N3O3. The van der Waals surface area contributed by atoms with Crippen LogP contribution in [-0.2, 0) is 17.9 Å². The number of para-hydroxylation sites is 1. The zero-order valence-corrected chi connectivity index (χ0v) is 21.7. The van der Waals surface area contributed by atoms with Gasteiger partial charge in [0.15, 0.2) is 0 Å². The van der Waals surface area contributed by atoms with Crippen LogP contribution in [0.3, 0.4) is 0 Å². The van der Waals surface area contributed by atoms with Gasteiger partial charge in [-0.3, -0.25) is 4.79 Å². The van der Waals surface area contributed by atoms with Gasteiger partial charge < -0.3 is 19.5 Å². The normalized spacial score (nSPS) is 13.2. The summed E-state index contributed by atoms with van der Waals surface area (Å²) in [5.41, 5.74) is 4.13. The molecule has 36 heavy (non-hydrogen) atoms. The van der Waals surface area contributed by atoms with E-state index in [0.29, 0.717) is 18.8 Å². The first-order valence-electron chi connectivity index (χ1n) is 12.9. The molecule has 0 spiro atoms. The van der Waals surface area contributed by atoms with Gasteiger partial charge in [0.25, 0.3) is 0 Å². The maximum Gasteiger partial charge on any atom is 0.322 e. The van der Waals surface area contributed by atoms with Gasteiger partial charge in [-0.15, -0.1) is 0 Å². The van der Waals surface area contributed by atoms with Crippen molar-refractivity contribution in [3.63, 3.8) is 0 Å². The van der Waals surface area contributed by atoms with Crippen LogP contribution in [0.5, 0.6) is 0 Å². The quantitative estimate of drug-likeness (QED) is 0.344. The predicted molar refractivity (Wildman–Crippen MR) is 143 cm³/mol. The van der Waals surface area contributed by atoms with Gasteiger partial charge in [-0.1, -0.05) is 76.2 Å². The standard InChI is InChI=1S/C30H37N3O3/c1-21(2)26-13-8-14-27(22(3)4)29(26)31-30(35)33(24-15-16-24)20-28(34)32(19-25-12-9-17-36-25)18-23-10-6-5-7-11-23/h5-14,17,21-22,24H,15-16,18-20H2,1-4H3,(H,31,35). The fourth-order valence-electron chi connectivity index (χ4n) is 4.50. The largest absolute Gasteiger partial charge is 0.467 e. The molecule has 4 rings (SSSR count). The molecule has 3 aromatic rings. The van der Waals surface area contributed by atoms with Crippen molar-refractivity contribution in [1.29, 1.82) is 0 Å². The highest BCUT2D eigenvalue weighted by Crippen LogP contribution is 2.34. The van der Waals surface area contributed by atoms with E-state index in [9.17, 15) is 9.59 Å². The molecule has 0 bridgehead atoms. The van der Waals surface area contributed by atoms with Crippen molar-refractivity contribution < 1.29 is 14.0 Å². The Labute approximate surface area is 214 Å². The Morgan fingerprint density at radius 3 is 2.11 bits per heavy atom. The number of carbonyl (C=O) groups is 2. The summed E-state index contributed by atoms with van der Waals surface area (Å²) in [6.45, 7) is 9.37. The number of anilines is 1. The number of urea groups is 1. The Morgan fingerprint density at radius 2 is 1.56 bits per heavy atom. The first-order valence-corrected chi connectivity index (χ1v) is 12.9. The van der Waals surface area contributed by atoms with Crippen LogP contribution in [0.1, 0.15) is 74.8 Å². The van der Waals surface area contributed by atoms with E-state index in [1.165, 1.54) is 0 Å². The smallest absolute Gasteiger partial charge is 0.322 e. The molecule has 6 heteroatoms. The van der Waals surface area contributed by atoms with Gasteiger partial charge in [0.05, 0.1) is 12.8 Å². The molecule has 0 saturated heterocycles. The van der Waals surface area contributed by atoms with Crippen LogP contribution < -0.4 is 5.32 Å². The molecule has 0 unspecified atom stereocenters. The molecule has 1 fully saturated rings. The fraction of sp³-hybridized carbons (Fsp3) is 0.400. The first kappa shape index (κ1) is 25.5. The molecule has 190 valence electrons. The Kier molecular flexibility index (Phi) is 8.14. The average molecular weight is 488 g/mol. The summed E-state index contributed by atoms with van der Waals surface area (Å²) >= 11 is 0. The summed E-state index contributed by atoms with van der Waals surface area (Å²) in [4.78, 5) is 30.7. The lowest BCUT2D eigenvalue weighted by atomic mass is 9.93. The Balaban J connectivity index is 1.54. The van der Waals surface area contributed by atoms with Gasteiger partial charge in [0, 0.05) is 18.3 Å². The van der Waals surface area contributed by atoms with Crippen LogP contribution in [0.2, 0.25) is 0 Å². The van der Waals surface area contributed by atoms with Crippen LogP contribution in [-0.4, -0.2) is 34.3 Å². The predicted octanol–water partition coefficient (Wildman–Crippen LogP) is 6.75. The topological polar surface area (TPSA) is 65.8 Å². The Bertz CT molecular complexity index is 1130. The van der Waals surface area contributed by atoms with Gasteiger partial charge in [-0.25, -0.2) is 4.79 Å². The number of benzene rings is 2. The van der Waals surface area contributed by atoms with Crippen molar-refractivity contribution >= 4 is 17.6 Å². The minimum atomic E-state index is -0.210. The van der Waals surface area contributed by atoms with Crippen molar-refractivity contribution in [2.75, 3.05) is 11.9 Å². The van der Waals surface area contributed by atoms with Crippen molar-refractivity contribution in [3.8, 4) is 0 Å². The number of hydrogen-bond acceptors (Lipinski definition) is 3. The molecule has 1 aliphatic carbocycles. The Hall–Kier alpha value is -3.54. The third-order valence-corrected chi connectivity index (χ3v) is 6.65. The highest BCUT2D eigenvalue weighted by Gasteiger charge is 2.35. The molecule has 1 heterocycles. The van der Waals surface area contributed by atoms with Crippen LogP contribution in [0.15, 0.2) is 71.3 Å². The average Bonchev–Trinajstić information content (AvgIpc) is 3.57. The molecule has 0 atom stereocenters. The zero-order valence-electron chi connectivity index (χ0n) is 21.7. The molecule has 1 aliphatic rings. The number of nitrogens with one attached hydrogen (secondary N) is 1. The first-order chi connectivity index (χ1) is 17.3. The number of hydrogen-bond donors (Lipinski definition) is 1. The van der Waals surface area contributed by atoms with Crippen LogP contribution in [0.4, 0.5) is 10.5 Å². The number of carbonyl (C=O) groups excluding carboxylic acids is 2. The minimum absolute atomic E-state index is 0.0326. The third kappa shape index (κ3) is 6.36. The van der Waals surface area contributed by atoms with E-state index >= 15 is 0 Å². The second-order valence-electron chi connectivity index (χ2n) is 10.2. The lowest BCUT2D eigenvalue weighted by Gasteiger charge is -2.29. The molecule has 0 aliphatic heterocycles. The van der Waals surface area contributed by atoms with Crippen molar-refractivity contribution in [1.82, 2.24) is 9.80 Å². The van der Waals surface area contributed by atoms with Gasteiger partial charge in [0.2, 0.25) is 5.91 Å². The van der Waals surface area contributed by atoms with Crippen molar-refractivity contribution in [3.05, 3.63) is 89.4 Å². The molecule has 0 radical (unpaired) electrons. The van der Waals surface area contributed by atoms with E-state index in [-0.39, 0.29) is 36.4 Å². The number of amides is 3. The number of rotatable bonds is 10. The second-order valence-corrected chi connectivity index (χ2v) is 10.2. The van der Waals surface area contributed by atoms with E-state index in [4.69, 9.17) is 4.42 Å². The highest BCUT2D eigenvalue weighted by atomic mass is 16.3. The van der Waals surface area contributed by atoms with E-state index in [0.717, 1.165) is 35.2 Å². The summed E-state index contributed by atoms with van der Waals surface area (Å²) in [6.07, 6.45) is 3.45. The summed E-state index contributed by atoms with van der Waals surface area (Å²) in [5, 5.41) is 3.20. The molecule has 2 aromatic carbocycles. The van der Waals surface area contributed by atoms with E-state index in [1.807, 2.05) is 42.5 Å². The van der Waals surface area contributed by atoms with Crippen LogP contribution in [0, 0.1) is 0 Å². The molecule has 1 aromatic heterocycles. The summed E-state index contributed by atoms with van der Waals surface area (Å²) in [6, 6.07) is 19.7. The third-order valence-electron chi connectivity index (χ3n) is 6.65. The molecular weight excluding hydrogens is 450 g/mol. The monoisotopic (exact) mass is 487 g/mol. The second kappa shape index (κ2) is 11.5. The molecule has 1 saturated carbocycles. The van der Waals surface area contributed by atoms with Gasteiger partial charge in [0.1, 0.15) is 12.3 Å². The number of nitrogens with zero attached hydrogens (tertiary/aromatic N) is 2. The van der Waals surface area contributed by atoms with E-state index in [1.54, 1.807) is 16.1 Å². The van der Waals surface area contributed by atoms with E-state index < -0.39 is 0 Å². The highest BCUT2D eigenvalue weighted by molar-refractivity contribution is 5.94. The molecule has 6 nitrogen and oxygen atoms in total. The Morgan fingerprint density at radius 1 is 0.889 bits per heavy atom. The summed E-state index contributed by atoms with van der Waals surface area (Å²) in [7, 11) is 0. The molecule has 1 N–H and O–H groups in total. The summed E-state index contributed by atoms with van der Waals surface area (Å²) in [5.74, 6) is 1.15. The van der Waals surface area contributed by atoms with Crippen LogP contribution in [0.25, 0.3) is 0 Å². The maximum atomic E-state index is 13.6. The van der Waals surface area contributed by atoms with Crippen LogP contribution >= 0.6 is 0 Å². The number of furan rings is 1. The molecule has 3 amide bonds. The fourth-order valence-corrected chi connectivity index (χ4v) is 4.50. The van der Waals surface area contributed by atoms with Crippen molar-refractivity contribution in [2.45, 2.75) is 71.5 Å². The minimum Gasteiger partial charge on any atom is -0.467 e. The van der Waals surface area contributed by atoms with Gasteiger partial charge in [-0.05, 0) is 53.5 Å². The van der Waals surface area contributed by atoms with Gasteiger partial charge in [-0.2, -0.15) is 0 Å². The van der Waals surface area contributed by atoms with Gasteiger partial charge >= 0.3 is 6.03 Å². The maximum absolute atomic E-state index is 13.6. The van der Waals surface area contributed by atoms with E-state index in [2.05, 4.69) is 51.2 Å².